The number of ketones is 1. The number of aryl methyl sites for hydroxylation is 1. The quantitative estimate of drug-likeness (QED) is 0.538. The lowest BCUT2D eigenvalue weighted by atomic mass is 10.0. The van der Waals surface area contributed by atoms with Crippen molar-refractivity contribution in [2.24, 2.45) is 5.92 Å². The molecular weight excluding hydrogens is 451 g/mol. The van der Waals surface area contributed by atoms with Crippen LogP contribution in [0.25, 0.3) is 0 Å². The summed E-state index contributed by atoms with van der Waals surface area (Å²) in [6, 6.07) is 5.35. The van der Waals surface area contributed by atoms with Crippen molar-refractivity contribution >= 4 is 17.6 Å². The first-order chi connectivity index (χ1) is 16.8. The molecule has 0 saturated carbocycles. The van der Waals surface area contributed by atoms with Gasteiger partial charge in [-0.15, -0.1) is 0 Å². The van der Waals surface area contributed by atoms with Crippen LogP contribution in [0, 0.1) is 11.7 Å². The lowest BCUT2D eigenvalue weighted by molar-refractivity contribution is -0.132. The van der Waals surface area contributed by atoms with E-state index in [1.165, 1.54) is 24.3 Å². The highest BCUT2D eigenvalue weighted by Crippen LogP contribution is 2.26. The second-order valence-corrected chi connectivity index (χ2v) is 9.58. The van der Waals surface area contributed by atoms with E-state index in [2.05, 4.69) is 13.8 Å². The zero-order valence-corrected chi connectivity index (χ0v) is 20.5. The van der Waals surface area contributed by atoms with Gasteiger partial charge in [0.25, 0.3) is 5.91 Å². The summed E-state index contributed by atoms with van der Waals surface area (Å²) in [5, 5.41) is 4.72. The van der Waals surface area contributed by atoms with E-state index in [9.17, 15) is 18.8 Å². The summed E-state index contributed by atoms with van der Waals surface area (Å²) < 4.78 is 20.4. The molecule has 9 heteroatoms. The number of aromatic nitrogens is 2. The van der Waals surface area contributed by atoms with Crippen LogP contribution < -0.4 is 0 Å². The number of benzene rings is 1. The van der Waals surface area contributed by atoms with Crippen molar-refractivity contribution in [3.8, 4) is 0 Å². The zero-order valence-electron chi connectivity index (χ0n) is 20.5. The number of morpholine rings is 1. The van der Waals surface area contributed by atoms with Gasteiger partial charge in [0.1, 0.15) is 5.82 Å². The maximum absolute atomic E-state index is 13.3. The summed E-state index contributed by atoms with van der Waals surface area (Å²) in [5.41, 5.74) is 2.65. The summed E-state index contributed by atoms with van der Waals surface area (Å²) in [4.78, 5) is 42.2. The Kier molecular flexibility index (Phi) is 7.95. The van der Waals surface area contributed by atoms with Crippen LogP contribution in [0.5, 0.6) is 0 Å². The van der Waals surface area contributed by atoms with Gasteiger partial charge in [-0.25, -0.2) is 4.39 Å². The van der Waals surface area contributed by atoms with E-state index in [-0.39, 0.29) is 30.4 Å². The van der Waals surface area contributed by atoms with E-state index in [1.807, 2.05) is 4.68 Å². The fraction of sp³-hybridized carbons (Fsp3) is 0.538. The van der Waals surface area contributed by atoms with Crippen LogP contribution in [-0.2, 0) is 29.0 Å². The van der Waals surface area contributed by atoms with Gasteiger partial charge in [0, 0.05) is 68.8 Å². The molecular formula is C26H33FN4O4. The molecule has 2 aliphatic heterocycles. The number of nitrogens with zero attached hydrogens (tertiary/aromatic N) is 4. The van der Waals surface area contributed by atoms with Crippen molar-refractivity contribution in [2.75, 3.05) is 32.8 Å². The molecule has 0 aliphatic carbocycles. The average molecular weight is 485 g/mol. The van der Waals surface area contributed by atoms with Gasteiger partial charge in [0.15, 0.2) is 11.5 Å². The minimum absolute atomic E-state index is 0.0566. The minimum atomic E-state index is -0.405. The van der Waals surface area contributed by atoms with Gasteiger partial charge in [-0.1, -0.05) is 13.8 Å². The lowest BCUT2D eigenvalue weighted by Gasteiger charge is -2.29. The number of amides is 2. The zero-order chi connectivity index (χ0) is 24.9. The standard InChI is InChI=1S/C26H33FN4O4/c1-18(2)9-12-31-22-10-11-30(24(33)8-7-23(32)19-3-5-20(27)6-4-19)17-21(22)25(28-31)26(34)29-13-15-35-16-14-29/h3-6,18H,7-17H2,1-2H3. The number of carbonyl (C=O) groups is 3. The Hall–Kier alpha value is -3.07. The normalized spacial score (nSPS) is 15.9. The summed E-state index contributed by atoms with van der Waals surface area (Å²) in [7, 11) is 0. The van der Waals surface area contributed by atoms with Gasteiger partial charge in [-0.05, 0) is 36.6 Å². The van der Waals surface area contributed by atoms with Gasteiger partial charge in [-0.3, -0.25) is 19.1 Å². The van der Waals surface area contributed by atoms with E-state index < -0.39 is 5.82 Å². The van der Waals surface area contributed by atoms with Gasteiger partial charge >= 0.3 is 0 Å². The van der Waals surface area contributed by atoms with E-state index in [0.29, 0.717) is 63.0 Å². The molecule has 1 aromatic heterocycles. The van der Waals surface area contributed by atoms with Crippen LogP contribution in [0.4, 0.5) is 4.39 Å². The number of halogens is 1. The topological polar surface area (TPSA) is 84.7 Å². The molecule has 1 fully saturated rings. The summed E-state index contributed by atoms with van der Waals surface area (Å²) >= 11 is 0. The SMILES string of the molecule is CC(C)CCn1nc(C(=O)N2CCOCC2)c2c1CCN(C(=O)CCC(=O)c1ccc(F)cc1)C2. The van der Waals surface area contributed by atoms with Gasteiger partial charge < -0.3 is 14.5 Å². The van der Waals surface area contributed by atoms with Crippen LogP contribution in [0.15, 0.2) is 24.3 Å². The van der Waals surface area contributed by atoms with Gasteiger partial charge in [-0.2, -0.15) is 5.10 Å². The molecule has 3 heterocycles. The summed E-state index contributed by atoms with van der Waals surface area (Å²) in [6.07, 6.45) is 1.70. The Morgan fingerprint density at radius 3 is 2.43 bits per heavy atom. The van der Waals surface area contributed by atoms with Gasteiger partial charge in [0.05, 0.1) is 13.2 Å². The van der Waals surface area contributed by atoms with E-state index in [1.54, 1.807) is 9.80 Å². The largest absolute Gasteiger partial charge is 0.378 e. The third kappa shape index (κ3) is 5.96. The fourth-order valence-electron chi connectivity index (χ4n) is 4.52. The van der Waals surface area contributed by atoms with Crippen molar-refractivity contribution in [2.45, 2.75) is 52.6 Å². The second kappa shape index (κ2) is 11.1. The molecule has 0 unspecified atom stereocenters. The van der Waals surface area contributed by atoms with E-state index in [4.69, 9.17) is 9.84 Å². The van der Waals surface area contributed by atoms with E-state index in [0.717, 1.165) is 24.2 Å². The second-order valence-electron chi connectivity index (χ2n) is 9.58. The van der Waals surface area contributed by atoms with Crippen molar-refractivity contribution in [3.63, 3.8) is 0 Å². The molecule has 0 bridgehead atoms. The molecule has 1 aromatic carbocycles. The maximum Gasteiger partial charge on any atom is 0.274 e. The number of hydrogen-bond acceptors (Lipinski definition) is 5. The predicted octanol–water partition coefficient (Wildman–Crippen LogP) is 3.09. The first-order valence-electron chi connectivity index (χ1n) is 12.4. The van der Waals surface area contributed by atoms with Crippen molar-refractivity contribution in [1.82, 2.24) is 19.6 Å². The highest BCUT2D eigenvalue weighted by atomic mass is 19.1. The highest BCUT2D eigenvalue weighted by Gasteiger charge is 2.32. The van der Waals surface area contributed by atoms with E-state index >= 15 is 0 Å². The predicted molar refractivity (Wildman–Crippen MR) is 127 cm³/mol. The van der Waals surface area contributed by atoms with Crippen LogP contribution >= 0.6 is 0 Å². The molecule has 35 heavy (non-hydrogen) atoms. The molecule has 0 radical (unpaired) electrons. The lowest BCUT2D eigenvalue weighted by Crippen LogP contribution is -2.42. The van der Waals surface area contributed by atoms with Crippen molar-refractivity contribution in [1.29, 1.82) is 0 Å². The van der Waals surface area contributed by atoms with Crippen molar-refractivity contribution in [3.05, 3.63) is 52.6 Å². The molecule has 2 aromatic rings. The molecule has 2 amide bonds. The Morgan fingerprint density at radius 1 is 1.03 bits per heavy atom. The molecule has 4 rings (SSSR count). The molecule has 0 N–H and O–H groups in total. The first-order valence-corrected chi connectivity index (χ1v) is 12.4. The van der Waals surface area contributed by atoms with Crippen LogP contribution in [0.1, 0.15) is 65.2 Å². The third-order valence-electron chi connectivity index (χ3n) is 6.64. The molecule has 1 saturated heterocycles. The third-order valence-corrected chi connectivity index (χ3v) is 6.64. The number of Topliss-reactive ketones (excluding diaryl/α,β-unsaturated/α-hetero) is 1. The van der Waals surface area contributed by atoms with Gasteiger partial charge in [0.2, 0.25) is 5.91 Å². The fourth-order valence-corrected chi connectivity index (χ4v) is 4.52. The number of rotatable bonds is 8. The van der Waals surface area contributed by atoms with Crippen LogP contribution in [0.3, 0.4) is 0 Å². The Morgan fingerprint density at radius 2 is 1.74 bits per heavy atom. The molecule has 0 atom stereocenters. The smallest absolute Gasteiger partial charge is 0.274 e. The molecule has 2 aliphatic rings. The number of carbonyl (C=O) groups excluding carboxylic acids is 3. The number of hydrogen-bond donors (Lipinski definition) is 0. The first kappa shape index (κ1) is 25.0. The molecule has 0 spiro atoms. The summed E-state index contributed by atoms with van der Waals surface area (Å²) in [5.74, 6) is -0.341. The minimum Gasteiger partial charge on any atom is -0.378 e. The maximum atomic E-state index is 13.3. The Balaban J connectivity index is 1.47. The Bertz CT molecular complexity index is 1070. The number of ether oxygens (including phenoxy) is 1. The van der Waals surface area contributed by atoms with Crippen LogP contribution in [0.2, 0.25) is 0 Å². The average Bonchev–Trinajstić information content (AvgIpc) is 3.24. The van der Waals surface area contributed by atoms with Crippen LogP contribution in [-0.4, -0.2) is 70.0 Å². The Labute approximate surface area is 205 Å². The van der Waals surface area contributed by atoms with Crippen molar-refractivity contribution < 1.29 is 23.5 Å². The highest BCUT2D eigenvalue weighted by molar-refractivity contribution is 5.98. The summed E-state index contributed by atoms with van der Waals surface area (Å²) in [6.45, 7) is 7.95. The molecule has 8 nitrogen and oxygen atoms in total. The number of fused-ring (bicyclic) bond motifs is 1. The monoisotopic (exact) mass is 484 g/mol. The molecule has 188 valence electrons.